The predicted molar refractivity (Wildman–Crippen MR) is 72.0 cm³/mol. The highest BCUT2D eigenvalue weighted by Crippen LogP contribution is 2.46. The van der Waals surface area contributed by atoms with Gasteiger partial charge in [-0.05, 0) is 38.0 Å². The molecule has 0 aromatic carbocycles. The van der Waals surface area contributed by atoms with E-state index < -0.39 is 5.97 Å². The van der Waals surface area contributed by atoms with Crippen molar-refractivity contribution in [3.8, 4) is 0 Å². The number of amides is 2. The third-order valence-corrected chi connectivity index (χ3v) is 4.74. The van der Waals surface area contributed by atoms with Crippen molar-refractivity contribution in [1.82, 2.24) is 9.80 Å². The third-order valence-electron chi connectivity index (χ3n) is 4.74. The van der Waals surface area contributed by atoms with E-state index in [0.29, 0.717) is 12.0 Å². The Labute approximate surface area is 114 Å². The van der Waals surface area contributed by atoms with Crippen LogP contribution in [0.25, 0.3) is 0 Å². The van der Waals surface area contributed by atoms with Gasteiger partial charge in [-0.25, -0.2) is 4.79 Å². The van der Waals surface area contributed by atoms with Gasteiger partial charge in [-0.3, -0.25) is 4.79 Å². The van der Waals surface area contributed by atoms with Crippen LogP contribution in [0, 0.1) is 5.41 Å². The highest BCUT2D eigenvalue weighted by atomic mass is 16.4. The van der Waals surface area contributed by atoms with E-state index >= 15 is 0 Å². The van der Waals surface area contributed by atoms with Gasteiger partial charge in [-0.1, -0.05) is 12.8 Å². The number of carboxylic acids is 1. The number of hydrogen-bond acceptors (Lipinski definition) is 2. The fraction of sp³-hybridized carbons (Fsp3) is 0.857. The van der Waals surface area contributed by atoms with Gasteiger partial charge in [0.05, 0.1) is 0 Å². The van der Waals surface area contributed by atoms with Gasteiger partial charge in [0, 0.05) is 19.6 Å². The van der Waals surface area contributed by atoms with Crippen LogP contribution in [0.15, 0.2) is 0 Å². The van der Waals surface area contributed by atoms with E-state index in [9.17, 15) is 9.59 Å². The zero-order chi connectivity index (χ0) is 13.9. The molecular formula is C14H24N2O3. The fourth-order valence-corrected chi connectivity index (χ4v) is 3.48. The highest BCUT2D eigenvalue weighted by Gasteiger charge is 2.38. The van der Waals surface area contributed by atoms with Crippen LogP contribution in [-0.2, 0) is 4.79 Å². The van der Waals surface area contributed by atoms with Crippen LogP contribution >= 0.6 is 0 Å². The summed E-state index contributed by atoms with van der Waals surface area (Å²) < 4.78 is 0. The molecule has 1 N–H and O–H groups in total. The molecule has 0 aromatic heterocycles. The number of hydrogen-bond donors (Lipinski definition) is 1. The first-order valence-corrected chi connectivity index (χ1v) is 7.32. The molecular weight excluding hydrogens is 244 g/mol. The molecule has 1 saturated heterocycles. The van der Waals surface area contributed by atoms with Crippen molar-refractivity contribution in [3.05, 3.63) is 0 Å². The zero-order valence-corrected chi connectivity index (χ0v) is 11.7. The van der Waals surface area contributed by atoms with Gasteiger partial charge >= 0.3 is 12.0 Å². The number of rotatable bonds is 3. The van der Waals surface area contributed by atoms with Crippen LogP contribution in [0.3, 0.4) is 0 Å². The molecule has 5 nitrogen and oxygen atoms in total. The van der Waals surface area contributed by atoms with Gasteiger partial charge in [0.15, 0.2) is 0 Å². The molecule has 0 atom stereocenters. The van der Waals surface area contributed by atoms with Crippen molar-refractivity contribution in [1.29, 1.82) is 0 Å². The summed E-state index contributed by atoms with van der Waals surface area (Å²) in [6, 6.07) is -0.113. The topological polar surface area (TPSA) is 60.9 Å². The lowest BCUT2D eigenvalue weighted by atomic mass is 9.77. The maximum Gasteiger partial charge on any atom is 0.323 e. The summed E-state index contributed by atoms with van der Waals surface area (Å²) in [6.45, 7) is 3.65. The van der Waals surface area contributed by atoms with Crippen LogP contribution in [0.2, 0.25) is 0 Å². The average Bonchev–Trinajstić information content (AvgIpc) is 2.84. The van der Waals surface area contributed by atoms with Crippen molar-refractivity contribution >= 4 is 12.0 Å². The minimum atomic E-state index is -0.945. The largest absolute Gasteiger partial charge is 0.480 e. The Morgan fingerprint density at radius 3 is 2.21 bits per heavy atom. The summed E-state index contributed by atoms with van der Waals surface area (Å²) in [5.74, 6) is -0.945. The molecule has 2 rings (SSSR count). The Balaban J connectivity index is 1.89. The second-order valence-electron chi connectivity index (χ2n) is 5.88. The normalized spacial score (nSPS) is 21.6. The van der Waals surface area contributed by atoms with Crippen molar-refractivity contribution in [2.75, 3.05) is 26.2 Å². The third kappa shape index (κ3) is 3.19. The summed E-state index contributed by atoms with van der Waals surface area (Å²) in [7, 11) is 0. The molecule has 1 aliphatic heterocycles. The van der Waals surface area contributed by atoms with Gasteiger partial charge in [0.2, 0.25) is 0 Å². The molecule has 108 valence electrons. The van der Waals surface area contributed by atoms with Crippen molar-refractivity contribution in [2.24, 2.45) is 5.41 Å². The molecule has 0 bridgehead atoms. The first kappa shape index (κ1) is 14.2. The molecule has 1 aliphatic carbocycles. The predicted octanol–water partition coefficient (Wildman–Crippen LogP) is 2.17. The summed E-state index contributed by atoms with van der Waals surface area (Å²) in [4.78, 5) is 26.2. The molecule has 2 amide bonds. The Bertz CT molecular complexity index is 341. The van der Waals surface area contributed by atoms with E-state index in [-0.39, 0.29) is 12.6 Å². The molecule has 5 heteroatoms. The zero-order valence-electron chi connectivity index (χ0n) is 11.7. The van der Waals surface area contributed by atoms with Crippen molar-refractivity contribution in [3.63, 3.8) is 0 Å². The van der Waals surface area contributed by atoms with Gasteiger partial charge in [-0.15, -0.1) is 0 Å². The summed E-state index contributed by atoms with van der Waals surface area (Å²) in [5, 5.41) is 8.82. The number of nitrogens with zero attached hydrogens (tertiary/aromatic N) is 2. The molecule has 0 radical (unpaired) electrons. The molecule has 0 unspecified atom stereocenters. The molecule has 0 aromatic rings. The van der Waals surface area contributed by atoms with E-state index in [4.69, 9.17) is 5.11 Å². The van der Waals surface area contributed by atoms with Gasteiger partial charge in [0.25, 0.3) is 0 Å². The molecule has 19 heavy (non-hydrogen) atoms. The Morgan fingerprint density at radius 2 is 1.74 bits per heavy atom. The number of urea groups is 1. The minimum absolute atomic E-state index is 0.113. The Hall–Kier alpha value is -1.26. The van der Waals surface area contributed by atoms with Crippen LogP contribution < -0.4 is 0 Å². The highest BCUT2D eigenvalue weighted by molar-refractivity contribution is 5.80. The second-order valence-corrected chi connectivity index (χ2v) is 5.88. The lowest BCUT2D eigenvalue weighted by Crippen LogP contribution is -2.49. The second kappa shape index (κ2) is 5.80. The van der Waals surface area contributed by atoms with E-state index in [2.05, 4.69) is 0 Å². The average molecular weight is 268 g/mol. The van der Waals surface area contributed by atoms with Crippen LogP contribution in [0.4, 0.5) is 4.79 Å². The maximum atomic E-state index is 12.3. The monoisotopic (exact) mass is 268 g/mol. The Kier molecular flexibility index (Phi) is 4.32. The van der Waals surface area contributed by atoms with Gasteiger partial charge < -0.3 is 14.9 Å². The van der Waals surface area contributed by atoms with Crippen molar-refractivity contribution in [2.45, 2.75) is 45.4 Å². The van der Waals surface area contributed by atoms with Crippen LogP contribution in [0.1, 0.15) is 45.4 Å². The first-order chi connectivity index (χ1) is 9.06. The number of likely N-dealkylation sites (tertiary alicyclic amines) is 1. The van der Waals surface area contributed by atoms with Crippen LogP contribution in [-0.4, -0.2) is 53.1 Å². The number of carboxylic acid groups (broad SMARTS) is 1. The molecule has 1 spiro atoms. The SMILES string of the molecule is CCN(CC(=O)O)C(=O)N1CCC2(CCCC2)CC1. The standard InChI is InChI=1S/C14H24N2O3/c1-2-15(11-12(17)18)13(19)16-9-7-14(8-10-16)5-3-4-6-14/h2-11H2,1H3,(H,17,18). The first-order valence-electron chi connectivity index (χ1n) is 7.32. The minimum Gasteiger partial charge on any atom is -0.480 e. The molecule has 1 heterocycles. The number of carbonyl (C=O) groups excluding carboxylic acids is 1. The number of likely N-dealkylation sites (N-methyl/N-ethyl adjacent to an activating group) is 1. The van der Waals surface area contributed by atoms with E-state index in [1.54, 1.807) is 0 Å². The van der Waals surface area contributed by atoms with E-state index in [1.807, 2.05) is 11.8 Å². The quantitative estimate of drug-likeness (QED) is 0.853. The Morgan fingerprint density at radius 1 is 1.16 bits per heavy atom. The number of aliphatic carboxylic acids is 1. The fourth-order valence-electron chi connectivity index (χ4n) is 3.48. The van der Waals surface area contributed by atoms with Gasteiger partial charge in [0.1, 0.15) is 6.54 Å². The number of carbonyl (C=O) groups is 2. The summed E-state index contributed by atoms with van der Waals surface area (Å²) in [6.07, 6.45) is 7.44. The molecule has 2 aliphatic rings. The lowest BCUT2D eigenvalue weighted by Gasteiger charge is -2.40. The summed E-state index contributed by atoms with van der Waals surface area (Å²) in [5.41, 5.74) is 0.487. The maximum absolute atomic E-state index is 12.3. The summed E-state index contributed by atoms with van der Waals surface area (Å²) >= 11 is 0. The molecule has 1 saturated carbocycles. The van der Waals surface area contributed by atoms with E-state index in [0.717, 1.165) is 25.9 Å². The van der Waals surface area contributed by atoms with Gasteiger partial charge in [-0.2, -0.15) is 0 Å². The number of piperidine rings is 1. The van der Waals surface area contributed by atoms with E-state index in [1.165, 1.54) is 30.6 Å². The smallest absolute Gasteiger partial charge is 0.323 e. The lowest BCUT2D eigenvalue weighted by molar-refractivity contribution is -0.137. The van der Waals surface area contributed by atoms with Crippen LogP contribution in [0.5, 0.6) is 0 Å². The molecule has 2 fully saturated rings. The van der Waals surface area contributed by atoms with Crippen molar-refractivity contribution < 1.29 is 14.7 Å².